The van der Waals surface area contributed by atoms with Gasteiger partial charge in [0, 0.05) is 10.5 Å². The van der Waals surface area contributed by atoms with Crippen molar-refractivity contribution in [2.45, 2.75) is 11.4 Å². The third kappa shape index (κ3) is 2.47. The first-order valence-corrected chi connectivity index (χ1v) is 7.85. The summed E-state index contributed by atoms with van der Waals surface area (Å²) in [6.07, 6.45) is 0. The van der Waals surface area contributed by atoms with Crippen LogP contribution in [0.4, 0.5) is 5.69 Å². The van der Waals surface area contributed by atoms with Crippen LogP contribution in [-0.2, 0) is 11.3 Å². The van der Waals surface area contributed by atoms with Gasteiger partial charge in [0.1, 0.15) is 12.2 Å². The standard InChI is InChI=1S/C15H11ClN2O2S/c16-12-7-4-8-13-14(12)21(10-19)15(18(13)20)17-9-11-5-2-1-3-6-11/h1-8,17H,9H2. The Labute approximate surface area is 129 Å². The molecule has 0 aliphatic carbocycles. The molecule has 106 valence electrons. The number of fused-ring (bicyclic) bond motifs is 1. The Bertz CT molecular complexity index is 784. The van der Waals surface area contributed by atoms with E-state index in [1.807, 2.05) is 35.6 Å². The highest BCUT2D eigenvalue weighted by Gasteiger charge is 2.31. The summed E-state index contributed by atoms with van der Waals surface area (Å²) < 4.78 is 0.734. The van der Waals surface area contributed by atoms with E-state index in [0.717, 1.165) is 10.3 Å². The van der Waals surface area contributed by atoms with Crippen molar-refractivity contribution in [1.29, 1.82) is 0 Å². The lowest BCUT2D eigenvalue weighted by molar-refractivity contribution is -0.360. The van der Waals surface area contributed by atoms with Gasteiger partial charge in [-0.3, -0.25) is 5.32 Å². The van der Waals surface area contributed by atoms with Gasteiger partial charge in [-0.2, -0.15) is 0 Å². The fourth-order valence-corrected chi connectivity index (χ4v) is 4.01. The second kappa shape index (κ2) is 5.74. The van der Waals surface area contributed by atoms with Crippen molar-refractivity contribution >= 4 is 38.2 Å². The first-order chi connectivity index (χ1) is 10.2. The zero-order chi connectivity index (χ0) is 14.8. The molecule has 2 aromatic rings. The van der Waals surface area contributed by atoms with E-state index < -0.39 is 10.5 Å². The average Bonchev–Trinajstić information content (AvgIpc) is 2.80. The number of carbonyl (C=O) groups excluding carboxylic acids is 1. The fraction of sp³-hybridized carbons (Fsp3) is 0.0667. The van der Waals surface area contributed by atoms with E-state index in [1.165, 1.54) is 0 Å². The molecule has 0 amide bonds. The Hall–Kier alpha value is -2.07. The van der Waals surface area contributed by atoms with Crippen LogP contribution in [0.2, 0.25) is 5.02 Å². The van der Waals surface area contributed by atoms with Crippen LogP contribution >= 0.6 is 22.1 Å². The van der Waals surface area contributed by atoms with Gasteiger partial charge in [0.2, 0.25) is 0 Å². The third-order valence-corrected chi connectivity index (χ3v) is 5.24. The van der Waals surface area contributed by atoms with Crippen molar-refractivity contribution in [3.8, 4) is 0 Å². The molecule has 2 aromatic carbocycles. The van der Waals surface area contributed by atoms with Crippen molar-refractivity contribution < 1.29 is 9.53 Å². The van der Waals surface area contributed by atoms with E-state index >= 15 is 0 Å². The van der Waals surface area contributed by atoms with Crippen LogP contribution < -0.4 is 5.32 Å². The van der Waals surface area contributed by atoms with Gasteiger partial charge in [0.15, 0.2) is 5.23 Å². The number of halogens is 1. The lowest BCUT2D eigenvalue weighted by Crippen LogP contribution is -2.24. The highest BCUT2D eigenvalue weighted by molar-refractivity contribution is 8.27. The smallest absolute Gasteiger partial charge is 0.324 e. The molecule has 1 N–H and O–H groups in total. The van der Waals surface area contributed by atoms with Crippen LogP contribution in [0.1, 0.15) is 5.56 Å². The highest BCUT2D eigenvalue weighted by atomic mass is 35.5. The summed E-state index contributed by atoms with van der Waals surface area (Å²) in [5.74, 6) is 0. The Morgan fingerprint density at radius 3 is 2.67 bits per heavy atom. The first kappa shape index (κ1) is 13.9. The predicted octanol–water partition coefficient (Wildman–Crippen LogP) is 3.34. The molecule has 0 saturated heterocycles. The van der Waals surface area contributed by atoms with Crippen molar-refractivity contribution in [3.05, 3.63) is 64.3 Å². The third-order valence-electron chi connectivity index (χ3n) is 3.12. The highest BCUT2D eigenvalue weighted by Crippen LogP contribution is 2.44. The SMILES string of the molecule is O=C=S1C(NCc2ccccc2)=[N+]([O-])c2cccc(Cl)c21. The summed E-state index contributed by atoms with van der Waals surface area (Å²) in [7, 11) is -1.08. The number of amidine groups is 1. The van der Waals surface area contributed by atoms with Crippen molar-refractivity contribution in [3.63, 3.8) is 0 Å². The van der Waals surface area contributed by atoms with Crippen LogP contribution in [0.25, 0.3) is 0 Å². The maximum atomic E-state index is 12.3. The van der Waals surface area contributed by atoms with Gasteiger partial charge in [-0.25, -0.2) is 9.53 Å². The van der Waals surface area contributed by atoms with Crippen LogP contribution in [0.15, 0.2) is 53.4 Å². The molecule has 21 heavy (non-hydrogen) atoms. The van der Waals surface area contributed by atoms with E-state index in [1.54, 1.807) is 18.2 Å². The first-order valence-electron chi connectivity index (χ1n) is 6.25. The molecule has 0 saturated carbocycles. The molecule has 1 atom stereocenters. The molecule has 0 fully saturated rings. The molecule has 0 bridgehead atoms. The maximum absolute atomic E-state index is 12.3. The molecule has 1 heterocycles. The molecule has 0 spiro atoms. The molecule has 6 heteroatoms. The second-order valence-electron chi connectivity index (χ2n) is 4.42. The molecular formula is C15H11ClN2O2S. The number of nitrogens with zero attached hydrogens (tertiary/aromatic N) is 1. The van der Waals surface area contributed by atoms with Gasteiger partial charge < -0.3 is 5.21 Å². The van der Waals surface area contributed by atoms with Gasteiger partial charge in [-0.1, -0.05) is 48.0 Å². The van der Waals surface area contributed by atoms with E-state index in [2.05, 4.69) is 5.32 Å². The average molecular weight is 319 g/mol. The van der Waals surface area contributed by atoms with Crippen molar-refractivity contribution in [2.24, 2.45) is 0 Å². The molecule has 1 aliphatic heterocycles. The summed E-state index contributed by atoms with van der Waals surface area (Å²) in [4.78, 5) is 11.8. The van der Waals surface area contributed by atoms with E-state index in [4.69, 9.17) is 11.6 Å². The van der Waals surface area contributed by atoms with Gasteiger partial charge in [-0.05, 0) is 17.7 Å². The fourth-order valence-electron chi connectivity index (χ4n) is 2.15. The van der Waals surface area contributed by atoms with Gasteiger partial charge >= 0.3 is 5.17 Å². The minimum Gasteiger partial charge on any atom is -0.710 e. The minimum absolute atomic E-state index is 0.289. The monoisotopic (exact) mass is 318 g/mol. The molecule has 0 radical (unpaired) electrons. The van der Waals surface area contributed by atoms with Gasteiger partial charge in [0.25, 0.3) is 0 Å². The Morgan fingerprint density at radius 1 is 1.19 bits per heavy atom. The van der Waals surface area contributed by atoms with Crippen LogP contribution in [-0.4, -0.2) is 15.1 Å². The van der Waals surface area contributed by atoms with Gasteiger partial charge in [-0.15, -0.1) is 0 Å². The Kier molecular flexibility index (Phi) is 3.80. The topological polar surface area (TPSA) is 55.2 Å². The van der Waals surface area contributed by atoms with Crippen LogP contribution in [0.5, 0.6) is 0 Å². The largest absolute Gasteiger partial charge is 0.710 e. The summed E-state index contributed by atoms with van der Waals surface area (Å²) in [5, 5.41) is 18.0. The number of benzene rings is 2. The van der Waals surface area contributed by atoms with Crippen LogP contribution in [0, 0.1) is 5.21 Å². The molecule has 1 aliphatic rings. The van der Waals surface area contributed by atoms with E-state index in [0.29, 0.717) is 22.2 Å². The molecular weight excluding hydrogens is 308 g/mol. The lowest BCUT2D eigenvalue weighted by Gasteiger charge is -2.07. The Balaban J connectivity index is 1.95. The number of nitrogens with one attached hydrogen (secondary N) is 1. The molecule has 0 aromatic heterocycles. The minimum atomic E-state index is -1.08. The second-order valence-corrected chi connectivity index (χ2v) is 6.40. The molecule has 1 unspecified atom stereocenters. The van der Waals surface area contributed by atoms with Crippen LogP contribution in [0.3, 0.4) is 0 Å². The summed E-state index contributed by atoms with van der Waals surface area (Å²) in [6.45, 7) is 0.464. The number of hydrogen-bond donors (Lipinski definition) is 1. The summed E-state index contributed by atoms with van der Waals surface area (Å²) in [6, 6.07) is 14.7. The predicted molar refractivity (Wildman–Crippen MR) is 84.6 cm³/mol. The zero-order valence-electron chi connectivity index (χ0n) is 10.9. The van der Waals surface area contributed by atoms with E-state index in [-0.39, 0.29) is 5.17 Å². The molecule has 4 nitrogen and oxygen atoms in total. The number of rotatable bonds is 2. The molecule has 3 rings (SSSR count). The normalized spacial score (nSPS) is 16.5. The quantitative estimate of drug-likeness (QED) is 0.525. The van der Waals surface area contributed by atoms with E-state index in [9.17, 15) is 10.0 Å². The maximum Gasteiger partial charge on any atom is 0.324 e. The Morgan fingerprint density at radius 2 is 1.95 bits per heavy atom. The lowest BCUT2D eigenvalue weighted by atomic mass is 10.2. The van der Waals surface area contributed by atoms with Crippen molar-refractivity contribution in [1.82, 2.24) is 5.32 Å². The summed E-state index contributed by atoms with van der Waals surface area (Å²) >= 11 is 6.11. The van der Waals surface area contributed by atoms with Gasteiger partial charge in [0.05, 0.1) is 9.92 Å². The van der Waals surface area contributed by atoms with Crippen molar-refractivity contribution in [2.75, 3.05) is 0 Å². The zero-order valence-corrected chi connectivity index (χ0v) is 12.4. The summed E-state index contributed by atoms with van der Waals surface area (Å²) in [5.41, 5.74) is 1.43. The number of hydrogen-bond acceptors (Lipinski definition) is 3.